The number of benzene rings is 1. The van der Waals surface area contributed by atoms with E-state index >= 15 is 0 Å². The lowest BCUT2D eigenvalue weighted by atomic mass is 9.92. The summed E-state index contributed by atoms with van der Waals surface area (Å²) < 4.78 is 31.8. The van der Waals surface area contributed by atoms with Crippen LogP contribution in [0.25, 0.3) is 0 Å². The van der Waals surface area contributed by atoms with Crippen molar-refractivity contribution in [2.24, 2.45) is 0 Å². The maximum Gasteiger partial charge on any atom is 0.285 e. The minimum Gasteiger partial charge on any atom is -0.494 e. The standard InChI is InChI=1S/C16H21N3O4S/c1-5-23-11-6-8-12(9-7-11)24(21,22)19-15(20)13-10-14(18-17-13)16(2,3)4/h6-10H,5H2,1-4H3,(H,17,18)(H,19,20). The topological polar surface area (TPSA) is 101 Å². The summed E-state index contributed by atoms with van der Waals surface area (Å²) in [4.78, 5) is 12.1. The number of nitrogens with zero attached hydrogens (tertiary/aromatic N) is 1. The molecule has 130 valence electrons. The molecule has 0 saturated heterocycles. The van der Waals surface area contributed by atoms with Crippen molar-refractivity contribution in [1.29, 1.82) is 0 Å². The first-order valence-electron chi connectivity index (χ1n) is 7.49. The van der Waals surface area contributed by atoms with Gasteiger partial charge in [0.15, 0.2) is 5.69 Å². The second kappa shape index (κ2) is 6.64. The first-order valence-corrected chi connectivity index (χ1v) is 8.97. The predicted molar refractivity (Wildman–Crippen MR) is 89.6 cm³/mol. The molecular formula is C16H21N3O4S. The fraction of sp³-hybridized carbons (Fsp3) is 0.375. The number of H-pyrrole nitrogens is 1. The van der Waals surface area contributed by atoms with Gasteiger partial charge >= 0.3 is 0 Å². The Bertz CT molecular complexity index is 818. The normalized spacial score (nSPS) is 12.0. The van der Waals surface area contributed by atoms with Gasteiger partial charge in [-0.15, -0.1) is 0 Å². The second-order valence-corrected chi connectivity index (χ2v) is 7.94. The third-order valence-electron chi connectivity index (χ3n) is 3.29. The molecule has 1 aromatic heterocycles. The summed E-state index contributed by atoms with van der Waals surface area (Å²) in [5, 5.41) is 6.63. The average Bonchev–Trinajstić information content (AvgIpc) is 2.98. The Labute approximate surface area is 141 Å². The van der Waals surface area contributed by atoms with E-state index in [1.54, 1.807) is 6.07 Å². The number of aromatic amines is 1. The number of carbonyl (C=O) groups is 1. The summed E-state index contributed by atoms with van der Waals surface area (Å²) >= 11 is 0. The van der Waals surface area contributed by atoms with E-state index in [1.807, 2.05) is 32.4 Å². The lowest BCUT2D eigenvalue weighted by Gasteiger charge is -2.14. The van der Waals surface area contributed by atoms with Crippen molar-refractivity contribution in [2.45, 2.75) is 38.0 Å². The third-order valence-corrected chi connectivity index (χ3v) is 4.64. The molecule has 0 fully saturated rings. The van der Waals surface area contributed by atoms with E-state index in [4.69, 9.17) is 4.74 Å². The zero-order valence-corrected chi connectivity index (χ0v) is 14.9. The first-order chi connectivity index (χ1) is 11.1. The number of hydrogen-bond donors (Lipinski definition) is 2. The molecule has 0 unspecified atom stereocenters. The van der Waals surface area contributed by atoms with Crippen LogP contribution in [0.15, 0.2) is 35.2 Å². The van der Waals surface area contributed by atoms with E-state index in [-0.39, 0.29) is 16.0 Å². The van der Waals surface area contributed by atoms with Crippen LogP contribution in [-0.4, -0.2) is 31.1 Å². The van der Waals surface area contributed by atoms with Crippen molar-refractivity contribution in [3.05, 3.63) is 41.7 Å². The van der Waals surface area contributed by atoms with Crippen molar-refractivity contribution >= 4 is 15.9 Å². The Hall–Kier alpha value is -2.35. The highest BCUT2D eigenvalue weighted by molar-refractivity contribution is 7.90. The number of aromatic nitrogens is 2. The van der Waals surface area contributed by atoms with Gasteiger partial charge < -0.3 is 4.74 Å². The van der Waals surface area contributed by atoms with Gasteiger partial charge in [-0.2, -0.15) is 5.10 Å². The summed E-state index contributed by atoms with van der Waals surface area (Å²) in [6.07, 6.45) is 0. The number of amides is 1. The van der Waals surface area contributed by atoms with Crippen LogP contribution < -0.4 is 9.46 Å². The van der Waals surface area contributed by atoms with E-state index in [2.05, 4.69) is 10.2 Å². The minimum atomic E-state index is -3.97. The van der Waals surface area contributed by atoms with Gasteiger partial charge in [0.05, 0.1) is 11.5 Å². The monoisotopic (exact) mass is 351 g/mol. The highest BCUT2D eigenvalue weighted by Crippen LogP contribution is 2.20. The maximum atomic E-state index is 12.3. The number of ether oxygens (including phenoxy) is 1. The maximum absolute atomic E-state index is 12.3. The summed E-state index contributed by atoms with van der Waals surface area (Å²) in [5.74, 6) is -0.222. The number of carbonyl (C=O) groups excluding carboxylic acids is 1. The molecule has 0 atom stereocenters. The van der Waals surface area contributed by atoms with Crippen molar-refractivity contribution in [3.8, 4) is 5.75 Å². The van der Waals surface area contributed by atoms with Gasteiger partial charge in [0.1, 0.15) is 5.75 Å². The predicted octanol–water partition coefficient (Wildman–Crippen LogP) is 2.22. The highest BCUT2D eigenvalue weighted by Gasteiger charge is 2.23. The Morgan fingerprint density at radius 3 is 2.38 bits per heavy atom. The first kappa shape index (κ1) is 18.0. The molecule has 1 amide bonds. The lowest BCUT2D eigenvalue weighted by molar-refractivity contribution is 0.0976. The largest absolute Gasteiger partial charge is 0.494 e. The van der Waals surface area contributed by atoms with E-state index in [0.717, 1.165) is 5.69 Å². The zero-order valence-electron chi connectivity index (χ0n) is 14.1. The summed E-state index contributed by atoms with van der Waals surface area (Å²) in [6, 6.07) is 7.38. The Kier molecular flexibility index (Phi) is 4.98. The number of rotatable bonds is 5. The van der Waals surface area contributed by atoms with Crippen LogP contribution >= 0.6 is 0 Å². The second-order valence-electron chi connectivity index (χ2n) is 6.26. The van der Waals surface area contributed by atoms with Gasteiger partial charge in [0.2, 0.25) is 0 Å². The molecule has 8 heteroatoms. The van der Waals surface area contributed by atoms with Crippen molar-refractivity contribution in [3.63, 3.8) is 0 Å². The van der Waals surface area contributed by atoms with Gasteiger partial charge in [-0.3, -0.25) is 9.89 Å². The Morgan fingerprint density at radius 1 is 1.25 bits per heavy atom. The van der Waals surface area contributed by atoms with Crippen molar-refractivity contribution in [1.82, 2.24) is 14.9 Å². The Balaban J connectivity index is 2.16. The van der Waals surface area contributed by atoms with Gasteiger partial charge in [0, 0.05) is 11.1 Å². The molecule has 0 saturated carbocycles. The van der Waals surface area contributed by atoms with Gasteiger partial charge in [-0.25, -0.2) is 13.1 Å². The molecule has 0 spiro atoms. The fourth-order valence-electron chi connectivity index (χ4n) is 1.94. The Morgan fingerprint density at radius 2 is 1.88 bits per heavy atom. The molecule has 0 bridgehead atoms. The molecule has 1 aromatic carbocycles. The smallest absolute Gasteiger partial charge is 0.285 e. The van der Waals surface area contributed by atoms with Gasteiger partial charge in [-0.1, -0.05) is 20.8 Å². The molecule has 24 heavy (non-hydrogen) atoms. The highest BCUT2D eigenvalue weighted by atomic mass is 32.2. The van der Waals surface area contributed by atoms with Crippen LogP contribution in [0.5, 0.6) is 5.75 Å². The van der Waals surface area contributed by atoms with E-state index in [9.17, 15) is 13.2 Å². The van der Waals surface area contributed by atoms with Crippen LogP contribution in [0.1, 0.15) is 43.9 Å². The van der Waals surface area contributed by atoms with Crippen LogP contribution in [-0.2, 0) is 15.4 Å². The fourth-order valence-corrected chi connectivity index (χ4v) is 2.90. The molecule has 2 aromatic rings. The summed E-state index contributed by atoms with van der Waals surface area (Å²) in [6.45, 7) is 8.19. The zero-order chi connectivity index (χ0) is 18.0. The molecule has 7 nitrogen and oxygen atoms in total. The van der Waals surface area contributed by atoms with Crippen LogP contribution in [0.2, 0.25) is 0 Å². The van der Waals surface area contributed by atoms with Crippen LogP contribution in [0.4, 0.5) is 0 Å². The van der Waals surface area contributed by atoms with Gasteiger partial charge in [-0.05, 0) is 37.3 Å². The molecule has 0 radical (unpaired) electrons. The molecule has 0 aliphatic rings. The average molecular weight is 351 g/mol. The number of hydrogen-bond acceptors (Lipinski definition) is 5. The molecule has 0 aliphatic heterocycles. The van der Waals surface area contributed by atoms with Crippen molar-refractivity contribution in [2.75, 3.05) is 6.61 Å². The number of nitrogens with one attached hydrogen (secondary N) is 2. The molecule has 2 rings (SSSR count). The molecule has 1 heterocycles. The molecule has 2 N–H and O–H groups in total. The summed E-state index contributed by atoms with van der Waals surface area (Å²) in [5.41, 5.74) is 0.542. The van der Waals surface area contributed by atoms with E-state index < -0.39 is 15.9 Å². The summed E-state index contributed by atoms with van der Waals surface area (Å²) in [7, 11) is -3.97. The quantitative estimate of drug-likeness (QED) is 0.860. The van der Waals surface area contributed by atoms with Crippen LogP contribution in [0, 0.1) is 0 Å². The van der Waals surface area contributed by atoms with Crippen LogP contribution in [0.3, 0.4) is 0 Å². The molecular weight excluding hydrogens is 330 g/mol. The minimum absolute atomic E-state index is 0.0223. The van der Waals surface area contributed by atoms with Crippen molar-refractivity contribution < 1.29 is 17.9 Å². The molecule has 0 aliphatic carbocycles. The van der Waals surface area contributed by atoms with E-state index in [1.165, 1.54) is 24.3 Å². The lowest BCUT2D eigenvalue weighted by Crippen LogP contribution is -2.30. The third kappa shape index (κ3) is 4.14. The SMILES string of the molecule is CCOc1ccc(S(=O)(=O)NC(=O)c2cc(C(C)(C)C)[nH]n2)cc1. The van der Waals surface area contributed by atoms with E-state index in [0.29, 0.717) is 12.4 Å². The number of sulfonamides is 1. The van der Waals surface area contributed by atoms with Gasteiger partial charge in [0.25, 0.3) is 15.9 Å².